The van der Waals surface area contributed by atoms with E-state index in [4.69, 9.17) is 11.6 Å². The fraction of sp³-hybridized carbons (Fsp3) is 0.318. The number of amides is 1. The lowest BCUT2D eigenvalue weighted by Crippen LogP contribution is -2.46. The van der Waals surface area contributed by atoms with Crippen molar-refractivity contribution in [1.29, 1.82) is 0 Å². The minimum absolute atomic E-state index is 0.00607. The highest BCUT2D eigenvalue weighted by Gasteiger charge is 2.46. The van der Waals surface area contributed by atoms with Crippen LogP contribution in [0.1, 0.15) is 28.8 Å². The van der Waals surface area contributed by atoms with E-state index in [0.29, 0.717) is 10.6 Å². The molecule has 4 rings (SSSR count). The SMILES string of the molecule is C=CCN1CCC2(CC1)CN(C(=O)c1ccccc1Cl)c1ccccc12. The Labute approximate surface area is 159 Å². The third-order valence-corrected chi connectivity index (χ3v) is 6.11. The van der Waals surface area contributed by atoms with Gasteiger partial charge in [-0.15, -0.1) is 6.58 Å². The summed E-state index contributed by atoms with van der Waals surface area (Å²) in [7, 11) is 0. The summed E-state index contributed by atoms with van der Waals surface area (Å²) in [5.74, 6) is -0.00607. The average molecular weight is 367 g/mol. The van der Waals surface area contributed by atoms with Crippen molar-refractivity contribution in [2.45, 2.75) is 18.3 Å². The van der Waals surface area contributed by atoms with Crippen LogP contribution in [0.3, 0.4) is 0 Å². The largest absolute Gasteiger partial charge is 0.307 e. The van der Waals surface area contributed by atoms with Crippen LogP contribution in [0.15, 0.2) is 61.2 Å². The number of carbonyl (C=O) groups is 1. The predicted octanol–water partition coefficient (Wildman–Crippen LogP) is 4.52. The van der Waals surface area contributed by atoms with Crippen LogP contribution in [0.25, 0.3) is 0 Å². The van der Waals surface area contributed by atoms with Crippen molar-refractivity contribution in [3.63, 3.8) is 0 Å². The first-order chi connectivity index (χ1) is 12.6. The molecule has 26 heavy (non-hydrogen) atoms. The number of nitrogens with zero attached hydrogens (tertiary/aromatic N) is 2. The summed E-state index contributed by atoms with van der Waals surface area (Å²) in [5.41, 5.74) is 2.96. The molecule has 0 bridgehead atoms. The van der Waals surface area contributed by atoms with Crippen molar-refractivity contribution >= 4 is 23.2 Å². The number of hydrogen-bond acceptors (Lipinski definition) is 2. The molecule has 0 atom stereocenters. The monoisotopic (exact) mass is 366 g/mol. The highest BCUT2D eigenvalue weighted by Crippen LogP contribution is 2.47. The van der Waals surface area contributed by atoms with Crippen molar-refractivity contribution in [3.8, 4) is 0 Å². The van der Waals surface area contributed by atoms with Gasteiger partial charge in [-0.25, -0.2) is 0 Å². The summed E-state index contributed by atoms with van der Waals surface area (Å²) < 4.78 is 0. The van der Waals surface area contributed by atoms with E-state index in [1.165, 1.54) is 5.56 Å². The van der Waals surface area contributed by atoms with Gasteiger partial charge in [0.2, 0.25) is 0 Å². The Kier molecular flexibility index (Phi) is 4.60. The predicted molar refractivity (Wildman–Crippen MR) is 107 cm³/mol. The molecule has 0 unspecified atom stereocenters. The number of halogens is 1. The van der Waals surface area contributed by atoms with Crippen molar-refractivity contribution in [2.75, 3.05) is 31.1 Å². The van der Waals surface area contributed by atoms with Gasteiger partial charge in [0.1, 0.15) is 0 Å². The van der Waals surface area contributed by atoms with E-state index in [9.17, 15) is 4.79 Å². The van der Waals surface area contributed by atoms with Gasteiger partial charge in [-0.1, -0.05) is 48.0 Å². The molecule has 3 nitrogen and oxygen atoms in total. The maximum absolute atomic E-state index is 13.2. The van der Waals surface area contributed by atoms with Crippen LogP contribution in [0.2, 0.25) is 5.02 Å². The molecule has 1 amide bonds. The zero-order chi connectivity index (χ0) is 18.1. The quantitative estimate of drug-likeness (QED) is 0.745. The summed E-state index contributed by atoms with van der Waals surface area (Å²) >= 11 is 6.29. The van der Waals surface area contributed by atoms with Gasteiger partial charge in [-0.05, 0) is 49.7 Å². The summed E-state index contributed by atoms with van der Waals surface area (Å²) in [6.07, 6.45) is 4.09. The van der Waals surface area contributed by atoms with E-state index in [1.54, 1.807) is 6.07 Å². The topological polar surface area (TPSA) is 23.6 Å². The molecular weight excluding hydrogens is 344 g/mol. The maximum atomic E-state index is 13.2. The van der Waals surface area contributed by atoms with Crippen molar-refractivity contribution in [3.05, 3.63) is 77.3 Å². The minimum atomic E-state index is -0.00607. The second-order valence-electron chi connectivity index (χ2n) is 7.26. The Balaban J connectivity index is 1.66. The van der Waals surface area contributed by atoms with Gasteiger partial charge in [-0.3, -0.25) is 9.69 Å². The van der Waals surface area contributed by atoms with E-state index in [2.05, 4.69) is 29.7 Å². The summed E-state index contributed by atoms with van der Waals surface area (Å²) in [6, 6.07) is 15.7. The average Bonchev–Trinajstić information content (AvgIpc) is 2.99. The Morgan fingerprint density at radius 3 is 2.54 bits per heavy atom. The lowest BCUT2D eigenvalue weighted by atomic mass is 9.74. The third-order valence-electron chi connectivity index (χ3n) is 5.78. The van der Waals surface area contributed by atoms with Gasteiger partial charge < -0.3 is 4.90 Å². The number of rotatable bonds is 3. The minimum Gasteiger partial charge on any atom is -0.307 e. The van der Waals surface area contributed by atoms with E-state index < -0.39 is 0 Å². The van der Waals surface area contributed by atoms with Crippen molar-refractivity contribution in [1.82, 2.24) is 4.90 Å². The summed E-state index contributed by atoms with van der Waals surface area (Å²) in [6.45, 7) is 7.59. The zero-order valence-electron chi connectivity index (χ0n) is 14.8. The number of likely N-dealkylation sites (tertiary alicyclic amines) is 1. The number of hydrogen-bond donors (Lipinski definition) is 0. The van der Waals surface area contributed by atoms with Crippen LogP contribution in [0.5, 0.6) is 0 Å². The Hall–Kier alpha value is -2.10. The number of para-hydroxylation sites is 1. The molecule has 0 N–H and O–H groups in total. The van der Waals surface area contributed by atoms with Gasteiger partial charge in [-0.2, -0.15) is 0 Å². The first-order valence-electron chi connectivity index (χ1n) is 9.14. The molecule has 0 aromatic heterocycles. The van der Waals surface area contributed by atoms with E-state index in [-0.39, 0.29) is 11.3 Å². The fourth-order valence-corrected chi connectivity index (χ4v) is 4.58. The highest BCUT2D eigenvalue weighted by molar-refractivity contribution is 6.34. The maximum Gasteiger partial charge on any atom is 0.259 e. The van der Waals surface area contributed by atoms with Crippen LogP contribution >= 0.6 is 11.6 Å². The molecule has 2 aromatic rings. The molecule has 0 radical (unpaired) electrons. The molecule has 0 aliphatic carbocycles. The first-order valence-corrected chi connectivity index (χ1v) is 9.52. The lowest BCUT2D eigenvalue weighted by Gasteiger charge is -2.39. The van der Waals surface area contributed by atoms with Crippen LogP contribution in [-0.4, -0.2) is 37.0 Å². The van der Waals surface area contributed by atoms with Gasteiger partial charge in [0.05, 0.1) is 10.6 Å². The molecular formula is C22H23ClN2O. The van der Waals surface area contributed by atoms with Gasteiger partial charge in [0, 0.05) is 24.2 Å². The van der Waals surface area contributed by atoms with Crippen molar-refractivity contribution in [2.24, 2.45) is 0 Å². The Bertz CT molecular complexity index is 840. The molecule has 134 valence electrons. The Morgan fingerprint density at radius 2 is 1.81 bits per heavy atom. The van der Waals surface area contributed by atoms with Crippen LogP contribution in [-0.2, 0) is 5.41 Å². The molecule has 0 saturated carbocycles. The van der Waals surface area contributed by atoms with E-state index in [1.807, 2.05) is 35.2 Å². The molecule has 2 aliphatic rings. The standard InChI is InChI=1S/C22H23ClN2O/c1-2-13-24-14-11-22(12-15-24)16-25(20-10-6-4-8-18(20)22)21(26)17-7-3-5-9-19(17)23/h2-10H,1,11-16H2. The summed E-state index contributed by atoms with van der Waals surface area (Å²) in [4.78, 5) is 17.6. The fourth-order valence-electron chi connectivity index (χ4n) is 4.37. The normalized spacial score (nSPS) is 18.7. The van der Waals surface area contributed by atoms with Gasteiger partial charge in [0.15, 0.2) is 0 Å². The van der Waals surface area contributed by atoms with E-state index in [0.717, 1.165) is 44.7 Å². The molecule has 1 fully saturated rings. The number of benzene rings is 2. The highest BCUT2D eigenvalue weighted by atomic mass is 35.5. The van der Waals surface area contributed by atoms with Gasteiger partial charge >= 0.3 is 0 Å². The van der Waals surface area contributed by atoms with Crippen molar-refractivity contribution < 1.29 is 4.79 Å². The van der Waals surface area contributed by atoms with Crippen LogP contribution in [0.4, 0.5) is 5.69 Å². The van der Waals surface area contributed by atoms with E-state index >= 15 is 0 Å². The second-order valence-corrected chi connectivity index (χ2v) is 7.67. The zero-order valence-corrected chi connectivity index (χ0v) is 15.6. The first kappa shape index (κ1) is 17.3. The molecule has 1 saturated heterocycles. The molecule has 4 heteroatoms. The van der Waals surface area contributed by atoms with Crippen LogP contribution < -0.4 is 4.90 Å². The molecule has 1 spiro atoms. The number of anilines is 1. The third kappa shape index (κ3) is 2.85. The lowest BCUT2D eigenvalue weighted by molar-refractivity contribution is 0.0978. The molecule has 2 heterocycles. The molecule has 2 aliphatic heterocycles. The van der Waals surface area contributed by atoms with Gasteiger partial charge in [0.25, 0.3) is 5.91 Å². The Morgan fingerprint density at radius 1 is 1.12 bits per heavy atom. The second kappa shape index (κ2) is 6.90. The number of carbonyl (C=O) groups excluding carboxylic acids is 1. The number of fused-ring (bicyclic) bond motifs is 2. The smallest absolute Gasteiger partial charge is 0.259 e. The summed E-state index contributed by atoms with van der Waals surface area (Å²) in [5, 5.41) is 0.511. The molecule has 2 aromatic carbocycles. The van der Waals surface area contributed by atoms with Crippen LogP contribution in [0, 0.1) is 0 Å². The number of piperidine rings is 1.